The average molecular weight is 400 g/mol. The van der Waals surface area contributed by atoms with Crippen LogP contribution in [0.4, 0.5) is 5.69 Å². The molecule has 2 aliphatic rings. The van der Waals surface area contributed by atoms with Crippen LogP contribution in [0.5, 0.6) is 0 Å². The number of carbonyl (C=O) groups is 1. The minimum Gasteiger partial charge on any atom is -0.511 e. The van der Waals surface area contributed by atoms with E-state index in [1.165, 1.54) is 0 Å². The number of piperidine rings is 1. The van der Waals surface area contributed by atoms with E-state index in [2.05, 4.69) is 15.2 Å². The molecule has 0 aromatic heterocycles. The van der Waals surface area contributed by atoms with E-state index in [4.69, 9.17) is 12.2 Å². The number of nitrogens with zero attached hydrogens (tertiary/aromatic N) is 2. The normalized spacial score (nSPS) is 20.6. The second-order valence-electron chi connectivity index (χ2n) is 8.52. The Labute approximate surface area is 172 Å². The maximum Gasteiger partial charge on any atom is 0.173 e. The van der Waals surface area contributed by atoms with Crippen LogP contribution in [-0.2, 0) is 4.79 Å². The number of allylic oxidation sites excluding steroid dienone is 2. The summed E-state index contributed by atoms with van der Waals surface area (Å²) in [6.45, 7) is 6.49. The first-order valence-electron chi connectivity index (χ1n) is 9.90. The Bertz CT molecular complexity index is 778. The number of anilines is 1. The SMILES string of the molecule is CC1(C)CC(=O)C(C=NCC2CCN(C(=S)Nc3ccccc3)CC2)=C(O)C1. The maximum atomic E-state index is 12.2. The van der Waals surface area contributed by atoms with Gasteiger partial charge >= 0.3 is 0 Å². The number of thiocarbonyl (C=S) groups is 1. The van der Waals surface area contributed by atoms with Gasteiger partial charge in [0.15, 0.2) is 10.9 Å². The number of hydrogen-bond acceptors (Lipinski definition) is 4. The van der Waals surface area contributed by atoms with Crippen molar-refractivity contribution in [2.24, 2.45) is 16.3 Å². The fraction of sp³-hybridized carbons (Fsp3) is 0.500. The predicted octanol–water partition coefficient (Wildman–Crippen LogP) is 4.37. The molecule has 0 unspecified atom stereocenters. The van der Waals surface area contributed by atoms with Gasteiger partial charge in [-0.25, -0.2) is 0 Å². The molecule has 1 aliphatic heterocycles. The van der Waals surface area contributed by atoms with E-state index in [-0.39, 0.29) is 17.0 Å². The van der Waals surface area contributed by atoms with Gasteiger partial charge in [-0.3, -0.25) is 9.79 Å². The summed E-state index contributed by atoms with van der Waals surface area (Å²) >= 11 is 5.53. The summed E-state index contributed by atoms with van der Waals surface area (Å²) in [4.78, 5) is 18.9. The number of aliphatic hydroxyl groups is 1. The number of nitrogens with one attached hydrogen (secondary N) is 1. The summed E-state index contributed by atoms with van der Waals surface area (Å²) in [5.74, 6) is 0.645. The van der Waals surface area contributed by atoms with Gasteiger partial charge < -0.3 is 15.3 Å². The summed E-state index contributed by atoms with van der Waals surface area (Å²) in [5, 5.41) is 14.2. The van der Waals surface area contributed by atoms with Crippen molar-refractivity contribution in [2.45, 2.75) is 39.5 Å². The van der Waals surface area contributed by atoms with Gasteiger partial charge in [-0.15, -0.1) is 0 Å². The van der Waals surface area contributed by atoms with E-state index in [9.17, 15) is 9.90 Å². The number of ketones is 1. The highest BCUT2D eigenvalue weighted by Gasteiger charge is 2.32. The van der Waals surface area contributed by atoms with Crippen LogP contribution in [0, 0.1) is 11.3 Å². The molecule has 0 spiro atoms. The Morgan fingerprint density at radius 2 is 1.96 bits per heavy atom. The molecule has 1 fully saturated rings. The summed E-state index contributed by atoms with van der Waals surface area (Å²) in [5.41, 5.74) is 1.23. The monoisotopic (exact) mass is 399 g/mol. The molecule has 2 N–H and O–H groups in total. The molecule has 0 saturated carbocycles. The van der Waals surface area contributed by atoms with Crippen LogP contribution in [0.1, 0.15) is 39.5 Å². The maximum absolute atomic E-state index is 12.2. The number of hydrogen-bond donors (Lipinski definition) is 2. The number of Topliss-reactive ketones (excluding diaryl/α,β-unsaturated/α-hetero) is 1. The molecule has 150 valence electrons. The summed E-state index contributed by atoms with van der Waals surface area (Å²) in [6.07, 6.45) is 4.60. The molecule has 5 nitrogen and oxygen atoms in total. The lowest BCUT2D eigenvalue weighted by atomic mass is 9.77. The molecule has 0 radical (unpaired) electrons. The van der Waals surface area contributed by atoms with Crippen LogP contribution in [0.25, 0.3) is 0 Å². The highest BCUT2D eigenvalue weighted by molar-refractivity contribution is 7.80. The molecule has 1 aromatic rings. The van der Waals surface area contributed by atoms with Crippen molar-refractivity contribution in [1.82, 2.24) is 4.90 Å². The van der Waals surface area contributed by atoms with Gasteiger partial charge in [0.25, 0.3) is 0 Å². The standard InChI is InChI=1S/C22H29N3O2S/c1-22(2)12-19(26)18(20(27)13-22)15-23-14-16-8-10-25(11-9-16)21(28)24-17-6-4-3-5-7-17/h3-7,15-16,26H,8-14H2,1-2H3,(H,24,28). The summed E-state index contributed by atoms with van der Waals surface area (Å²) < 4.78 is 0. The molecule has 1 saturated heterocycles. The molecular weight excluding hydrogens is 370 g/mol. The van der Waals surface area contributed by atoms with Crippen molar-refractivity contribution >= 4 is 35.0 Å². The lowest BCUT2D eigenvalue weighted by Crippen LogP contribution is -2.41. The second-order valence-corrected chi connectivity index (χ2v) is 8.91. The third-order valence-electron chi connectivity index (χ3n) is 5.41. The van der Waals surface area contributed by atoms with Crippen molar-refractivity contribution in [3.63, 3.8) is 0 Å². The van der Waals surface area contributed by atoms with E-state index >= 15 is 0 Å². The fourth-order valence-corrected chi connectivity index (χ4v) is 4.08. The number of likely N-dealkylation sites (tertiary alicyclic amines) is 1. The van der Waals surface area contributed by atoms with Gasteiger partial charge in [0.05, 0.1) is 5.57 Å². The van der Waals surface area contributed by atoms with Crippen molar-refractivity contribution in [2.75, 3.05) is 25.0 Å². The van der Waals surface area contributed by atoms with E-state index in [0.717, 1.165) is 36.7 Å². The molecular formula is C22H29N3O2S. The summed E-state index contributed by atoms with van der Waals surface area (Å²) in [7, 11) is 0. The second kappa shape index (κ2) is 8.86. The van der Waals surface area contributed by atoms with E-state index in [1.807, 2.05) is 44.2 Å². The number of aliphatic imine (C=N–C) groups is 1. The topological polar surface area (TPSA) is 64.9 Å². The highest BCUT2D eigenvalue weighted by atomic mass is 32.1. The highest BCUT2D eigenvalue weighted by Crippen LogP contribution is 2.35. The Kier molecular flexibility index (Phi) is 6.50. The Balaban J connectivity index is 1.46. The number of benzene rings is 1. The minimum absolute atomic E-state index is 0.00958. The minimum atomic E-state index is -0.169. The van der Waals surface area contributed by atoms with Crippen LogP contribution >= 0.6 is 12.2 Å². The third-order valence-corrected chi connectivity index (χ3v) is 5.77. The van der Waals surface area contributed by atoms with Gasteiger partial charge in [-0.05, 0) is 48.5 Å². The zero-order valence-corrected chi connectivity index (χ0v) is 17.5. The molecule has 1 aliphatic carbocycles. The smallest absolute Gasteiger partial charge is 0.173 e. The van der Waals surface area contributed by atoms with Gasteiger partial charge in [0, 0.05) is 44.4 Å². The van der Waals surface area contributed by atoms with Gasteiger partial charge in [0.1, 0.15) is 5.76 Å². The predicted molar refractivity (Wildman–Crippen MR) is 118 cm³/mol. The van der Waals surface area contributed by atoms with Gasteiger partial charge in [0.2, 0.25) is 0 Å². The molecule has 0 atom stereocenters. The van der Waals surface area contributed by atoms with Crippen LogP contribution in [0.3, 0.4) is 0 Å². The fourth-order valence-electron chi connectivity index (χ4n) is 3.78. The molecule has 6 heteroatoms. The lowest BCUT2D eigenvalue weighted by molar-refractivity contribution is -0.117. The number of rotatable bonds is 4. The Morgan fingerprint density at radius 1 is 1.29 bits per heavy atom. The lowest BCUT2D eigenvalue weighted by Gasteiger charge is -2.33. The van der Waals surface area contributed by atoms with E-state index in [1.54, 1.807) is 6.21 Å². The number of aliphatic hydroxyl groups excluding tert-OH is 1. The summed E-state index contributed by atoms with van der Waals surface area (Å²) in [6, 6.07) is 9.97. The molecule has 28 heavy (non-hydrogen) atoms. The zero-order valence-electron chi connectivity index (χ0n) is 16.6. The van der Waals surface area contributed by atoms with Crippen LogP contribution < -0.4 is 5.32 Å². The average Bonchev–Trinajstić information content (AvgIpc) is 2.64. The first-order chi connectivity index (χ1) is 13.3. The van der Waals surface area contributed by atoms with Crippen LogP contribution in [-0.4, -0.2) is 46.8 Å². The Hall–Kier alpha value is -2.21. The van der Waals surface area contributed by atoms with Gasteiger partial charge in [-0.2, -0.15) is 0 Å². The molecule has 1 heterocycles. The first-order valence-corrected chi connectivity index (χ1v) is 10.3. The van der Waals surface area contributed by atoms with Crippen molar-refractivity contribution in [1.29, 1.82) is 0 Å². The van der Waals surface area contributed by atoms with Crippen LogP contribution in [0.2, 0.25) is 0 Å². The van der Waals surface area contributed by atoms with Crippen molar-refractivity contribution in [3.8, 4) is 0 Å². The Morgan fingerprint density at radius 3 is 2.61 bits per heavy atom. The van der Waals surface area contributed by atoms with Crippen LogP contribution in [0.15, 0.2) is 46.7 Å². The van der Waals surface area contributed by atoms with Crippen molar-refractivity contribution in [3.05, 3.63) is 41.7 Å². The molecule has 1 aromatic carbocycles. The van der Waals surface area contributed by atoms with Crippen molar-refractivity contribution < 1.29 is 9.90 Å². The van der Waals surface area contributed by atoms with E-state index < -0.39 is 0 Å². The first kappa shape index (κ1) is 20.5. The number of para-hydroxylation sites is 1. The molecule has 0 amide bonds. The zero-order chi connectivity index (χ0) is 20.1. The quantitative estimate of drug-likeness (QED) is 0.581. The van der Waals surface area contributed by atoms with E-state index in [0.29, 0.717) is 30.9 Å². The largest absolute Gasteiger partial charge is 0.511 e. The molecule has 0 bridgehead atoms. The molecule has 3 rings (SSSR count). The number of carbonyl (C=O) groups excluding carboxylic acids is 1. The third kappa shape index (κ3) is 5.41. The van der Waals surface area contributed by atoms with Gasteiger partial charge in [-0.1, -0.05) is 32.0 Å².